The first-order valence-electron chi connectivity index (χ1n) is 4.29. The maximum Gasteiger partial charge on any atom is 0.354 e. The molecule has 2 unspecified atom stereocenters. The van der Waals surface area contributed by atoms with E-state index in [1.54, 1.807) is 0 Å². The number of halogens is 3. The molecule has 16 heavy (non-hydrogen) atoms. The van der Waals surface area contributed by atoms with Gasteiger partial charge in [-0.05, 0) is 6.07 Å². The molecule has 1 aromatic rings. The van der Waals surface area contributed by atoms with E-state index in [1.165, 1.54) is 0 Å². The molecule has 0 bridgehead atoms. The average Bonchev–Trinajstić information content (AvgIpc) is 2.64. The van der Waals surface area contributed by atoms with Gasteiger partial charge in [-0.3, -0.25) is 4.68 Å². The summed E-state index contributed by atoms with van der Waals surface area (Å²) in [6.07, 6.45) is -6.85. The van der Waals surface area contributed by atoms with Crippen LogP contribution in [-0.2, 0) is 6.54 Å². The van der Waals surface area contributed by atoms with Crippen molar-refractivity contribution in [2.75, 3.05) is 0 Å². The van der Waals surface area contributed by atoms with Gasteiger partial charge >= 0.3 is 5.97 Å². The summed E-state index contributed by atoms with van der Waals surface area (Å²) in [4.78, 5) is 10.6. The van der Waals surface area contributed by atoms with E-state index < -0.39 is 31.2 Å². The zero-order valence-electron chi connectivity index (χ0n) is 7.92. The molecule has 0 aliphatic rings. The van der Waals surface area contributed by atoms with E-state index >= 15 is 0 Å². The third kappa shape index (κ3) is 2.72. The van der Waals surface area contributed by atoms with Gasteiger partial charge in [-0.25, -0.2) is 18.0 Å². The van der Waals surface area contributed by atoms with Crippen LogP contribution in [0.5, 0.6) is 0 Å². The molecular formula is C8H9F3N2O3. The zero-order valence-corrected chi connectivity index (χ0v) is 7.92. The monoisotopic (exact) mass is 238 g/mol. The first-order chi connectivity index (χ1) is 7.43. The Bertz CT molecular complexity index is 369. The third-order valence-electron chi connectivity index (χ3n) is 1.91. The Hall–Kier alpha value is -1.57. The summed E-state index contributed by atoms with van der Waals surface area (Å²) in [5, 5.41) is 20.8. The Labute approximate surface area is 88.1 Å². The van der Waals surface area contributed by atoms with Crippen LogP contribution >= 0.6 is 0 Å². The summed E-state index contributed by atoms with van der Waals surface area (Å²) in [5.41, 5.74) is -0.330. The predicted octanol–water partition coefficient (Wildman–Crippen LogP) is 0.545. The minimum atomic E-state index is -3.22. The summed E-state index contributed by atoms with van der Waals surface area (Å²) in [6.45, 7) is -0.736. The van der Waals surface area contributed by atoms with Crippen molar-refractivity contribution in [3.63, 3.8) is 0 Å². The van der Waals surface area contributed by atoms with Gasteiger partial charge in [0, 0.05) is 6.20 Å². The SMILES string of the molecule is O=C(O)c1ccnn1CC(F)C(O)C(F)F. The molecule has 0 saturated heterocycles. The smallest absolute Gasteiger partial charge is 0.354 e. The molecule has 8 heteroatoms. The summed E-state index contributed by atoms with van der Waals surface area (Å²) in [5.74, 6) is -1.35. The largest absolute Gasteiger partial charge is 0.477 e. The molecule has 2 N–H and O–H groups in total. The highest BCUT2D eigenvalue weighted by atomic mass is 19.3. The zero-order chi connectivity index (χ0) is 12.3. The second-order valence-corrected chi connectivity index (χ2v) is 3.04. The Morgan fingerprint density at radius 2 is 2.12 bits per heavy atom. The number of rotatable bonds is 5. The first kappa shape index (κ1) is 12.5. The third-order valence-corrected chi connectivity index (χ3v) is 1.91. The van der Waals surface area contributed by atoms with E-state index in [2.05, 4.69) is 5.10 Å². The lowest BCUT2D eigenvalue weighted by atomic mass is 10.2. The van der Waals surface area contributed by atoms with Crippen LogP contribution in [0.3, 0.4) is 0 Å². The molecule has 0 spiro atoms. The Morgan fingerprint density at radius 1 is 1.50 bits per heavy atom. The minimum absolute atomic E-state index is 0.330. The number of carboxylic acid groups (broad SMARTS) is 1. The highest BCUT2D eigenvalue weighted by molar-refractivity contribution is 5.85. The van der Waals surface area contributed by atoms with Crippen LogP contribution in [0.1, 0.15) is 10.5 Å². The van der Waals surface area contributed by atoms with Crippen molar-refractivity contribution in [2.24, 2.45) is 0 Å². The van der Waals surface area contributed by atoms with Gasteiger partial charge in [-0.1, -0.05) is 0 Å². The van der Waals surface area contributed by atoms with E-state index in [0.29, 0.717) is 4.68 Å². The average molecular weight is 238 g/mol. The van der Waals surface area contributed by atoms with Gasteiger partial charge in [0.2, 0.25) is 0 Å². The number of aliphatic hydroxyl groups is 1. The molecule has 0 saturated carbocycles. The fourth-order valence-corrected chi connectivity index (χ4v) is 1.09. The molecule has 1 aromatic heterocycles. The molecule has 1 rings (SSSR count). The summed E-state index contributed by atoms with van der Waals surface area (Å²) in [7, 11) is 0. The van der Waals surface area contributed by atoms with Crippen LogP contribution in [0, 0.1) is 0 Å². The summed E-state index contributed by atoms with van der Waals surface area (Å²) < 4.78 is 37.6. The van der Waals surface area contributed by atoms with Gasteiger partial charge in [-0.15, -0.1) is 0 Å². The van der Waals surface area contributed by atoms with E-state index in [1.807, 2.05) is 0 Å². The fraction of sp³-hybridized carbons (Fsp3) is 0.500. The van der Waals surface area contributed by atoms with Crippen LogP contribution in [0.4, 0.5) is 13.2 Å². The topological polar surface area (TPSA) is 75.3 Å². The van der Waals surface area contributed by atoms with Crippen molar-refractivity contribution in [1.82, 2.24) is 9.78 Å². The van der Waals surface area contributed by atoms with Crippen molar-refractivity contribution in [2.45, 2.75) is 25.2 Å². The van der Waals surface area contributed by atoms with Crippen molar-refractivity contribution in [3.05, 3.63) is 18.0 Å². The number of hydrogen-bond donors (Lipinski definition) is 2. The minimum Gasteiger partial charge on any atom is -0.477 e. The number of aromatic nitrogens is 2. The Morgan fingerprint density at radius 3 is 2.62 bits per heavy atom. The highest BCUT2D eigenvalue weighted by Crippen LogP contribution is 2.12. The van der Waals surface area contributed by atoms with Crippen LogP contribution in [-0.4, -0.2) is 44.7 Å². The fourth-order valence-electron chi connectivity index (χ4n) is 1.09. The standard InChI is InChI=1S/C8H9F3N2O3/c9-4(6(14)7(10)11)3-13-5(8(15)16)1-2-12-13/h1-2,4,6-7,14H,3H2,(H,15,16). The lowest BCUT2D eigenvalue weighted by Gasteiger charge is -2.15. The van der Waals surface area contributed by atoms with Gasteiger partial charge in [0.25, 0.3) is 6.43 Å². The molecule has 0 aliphatic heterocycles. The first-order valence-corrected chi connectivity index (χ1v) is 4.29. The van der Waals surface area contributed by atoms with Crippen molar-refractivity contribution in [3.8, 4) is 0 Å². The molecule has 0 fully saturated rings. The molecular weight excluding hydrogens is 229 g/mol. The molecule has 1 heterocycles. The molecule has 0 radical (unpaired) electrons. The quantitative estimate of drug-likeness (QED) is 0.785. The lowest BCUT2D eigenvalue weighted by molar-refractivity contribution is -0.0534. The highest BCUT2D eigenvalue weighted by Gasteiger charge is 2.29. The Balaban J connectivity index is 2.73. The maximum absolute atomic E-state index is 13.1. The van der Waals surface area contributed by atoms with Crippen LogP contribution in [0.25, 0.3) is 0 Å². The molecule has 90 valence electrons. The van der Waals surface area contributed by atoms with Gasteiger partial charge in [0.05, 0.1) is 6.54 Å². The number of carbonyl (C=O) groups is 1. The second-order valence-electron chi connectivity index (χ2n) is 3.04. The van der Waals surface area contributed by atoms with E-state index in [-0.39, 0.29) is 5.69 Å². The number of aliphatic hydroxyl groups excluding tert-OH is 1. The number of carboxylic acids is 1. The van der Waals surface area contributed by atoms with Crippen LogP contribution < -0.4 is 0 Å². The molecule has 0 amide bonds. The van der Waals surface area contributed by atoms with Gasteiger partial charge in [-0.2, -0.15) is 5.10 Å². The number of aromatic carboxylic acids is 1. The van der Waals surface area contributed by atoms with Crippen LogP contribution in [0.2, 0.25) is 0 Å². The molecule has 2 atom stereocenters. The van der Waals surface area contributed by atoms with Crippen molar-refractivity contribution >= 4 is 5.97 Å². The molecule has 5 nitrogen and oxygen atoms in total. The summed E-state index contributed by atoms with van der Waals surface area (Å²) >= 11 is 0. The summed E-state index contributed by atoms with van der Waals surface area (Å²) in [6, 6.07) is 1.10. The van der Waals surface area contributed by atoms with E-state index in [0.717, 1.165) is 12.3 Å². The normalized spacial score (nSPS) is 15.1. The lowest BCUT2D eigenvalue weighted by Crippen LogP contribution is -2.33. The van der Waals surface area contributed by atoms with E-state index in [4.69, 9.17) is 10.2 Å². The van der Waals surface area contributed by atoms with Crippen molar-refractivity contribution < 1.29 is 28.2 Å². The van der Waals surface area contributed by atoms with E-state index in [9.17, 15) is 18.0 Å². The molecule has 0 aromatic carbocycles. The Kier molecular flexibility index (Phi) is 3.88. The predicted molar refractivity (Wildman–Crippen MR) is 46.1 cm³/mol. The van der Waals surface area contributed by atoms with Gasteiger partial charge in [0.15, 0.2) is 6.17 Å². The number of nitrogens with zero attached hydrogens (tertiary/aromatic N) is 2. The van der Waals surface area contributed by atoms with Gasteiger partial charge < -0.3 is 10.2 Å². The molecule has 0 aliphatic carbocycles. The van der Waals surface area contributed by atoms with Crippen molar-refractivity contribution in [1.29, 1.82) is 0 Å². The van der Waals surface area contributed by atoms with Gasteiger partial charge in [0.1, 0.15) is 11.8 Å². The maximum atomic E-state index is 13.1. The number of alkyl halides is 3. The van der Waals surface area contributed by atoms with Crippen LogP contribution in [0.15, 0.2) is 12.3 Å². The number of hydrogen-bond acceptors (Lipinski definition) is 3. The second kappa shape index (κ2) is 4.97.